The predicted molar refractivity (Wildman–Crippen MR) is 124 cm³/mol. The van der Waals surface area contributed by atoms with Gasteiger partial charge >= 0.3 is 0 Å². The lowest BCUT2D eigenvalue weighted by Crippen LogP contribution is -2.26. The lowest BCUT2D eigenvalue weighted by Gasteiger charge is -2.10. The van der Waals surface area contributed by atoms with Crippen LogP contribution < -0.4 is 10.5 Å². The van der Waals surface area contributed by atoms with Gasteiger partial charge in [0.15, 0.2) is 0 Å². The summed E-state index contributed by atoms with van der Waals surface area (Å²) in [5.74, 6) is 0.539. The molecule has 0 saturated heterocycles. The summed E-state index contributed by atoms with van der Waals surface area (Å²) in [5, 5.41) is 7.92. The van der Waals surface area contributed by atoms with Gasteiger partial charge in [-0.15, -0.1) is 0 Å². The van der Waals surface area contributed by atoms with Crippen molar-refractivity contribution in [2.75, 3.05) is 20.6 Å². The van der Waals surface area contributed by atoms with E-state index in [0.29, 0.717) is 30.7 Å². The second-order valence-electron chi connectivity index (χ2n) is 7.81. The number of nitrogens with zero attached hydrogens (tertiary/aromatic N) is 3. The molecule has 10 nitrogen and oxygen atoms in total. The fraction of sp³-hybridized carbons (Fsp3) is 0.333. The van der Waals surface area contributed by atoms with E-state index in [1.54, 1.807) is 24.3 Å². The molecule has 3 aromatic rings. The minimum atomic E-state index is -3.72. The van der Waals surface area contributed by atoms with Crippen LogP contribution >= 0.6 is 0 Å². The fourth-order valence-electron chi connectivity index (χ4n) is 3.33. The van der Waals surface area contributed by atoms with E-state index in [0.717, 1.165) is 15.4 Å². The number of aromatic nitrogens is 2. The highest BCUT2D eigenvalue weighted by atomic mass is 32.2. The van der Waals surface area contributed by atoms with Crippen LogP contribution in [-0.4, -0.2) is 57.2 Å². The summed E-state index contributed by atoms with van der Waals surface area (Å²) in [6, 6.07) is 11.0. The summed E-state index contributed by atoms with van der Waals surface area (Å²) in [5.41, 5.74) is 2.21. The monoisotopic (exact) mass is 493 g/mol. The zero-order valence-corrected chi connectivity index (χ0v) is 20.3. The minimum Gasteiger partial charge on any atom is -0.356 e. The number of nitrogens with one attached hydrogen (secondary N) is 1. The molecule has 33 heavy (non-hydrogen) atoms. The molecule has 3 rings (SSSR count). The van der Waals surface area contributed by atoms with Crippen LogP contribution in [0.2, 0.25) is 0 Å². The van der Waals surface area contributed by atoms with Crippen molar-refractivity contribution in [2.45, 2.75) is 29.1 Å². The minimum absolute atomic E-state index is 0.0455. The van der Waals surface area contributed by atoms with Crippen LogP contribution in [0.1, 0.15) is 17.8 Å². The van der Waals surface area contributed by atoms with Crippen LogP contribution in [0.5, 0.6) is 0 Å². The van der Waals surface area contributed by atoms with E-state index in [1.807, 2.05) is 11.6 Å². The van der Waals surface area contributed by atoms with E-state index in [2.05, 4.69) is 10.3 Å². The molecule has 0 radical (unpaired) electrons. The zero-order valence-electron chi connectivity index (χ0n) is 18.6. The Kier molecular flexibility index (Phi) is 7.22. The summed E-state index contributed by atoms with van der Waals surface area (Å²) in [6.45, 7) is 0.405. The van der Waals surface area contributed by atoms with Gasteiger partial charge in [0.25, 0.3) is 0 Å². The van der Waals surface area contributed by atoms with Crippen LogP contribution in [0.15, 0.2) is 52.3 Å². The highest BCUT2D eigenvalue weighted by Gasteiger charge is 2.19. The third kappa shape index (κ3) is 5.77. The van der Waals surface area contributed by atoms with Crippen molar-refractivity contribution >= 4 is 37.0 Å². The Labute approximate surface area is 193 Å². The van der Waals surface area contributed by atoms with Crippen molar-refractivity contribution in [1.29, 1.82) is 0 Å². The Bertz CT molecular complexity index is 1380. The van der Waals surface area contributed by atoms with E-state index < -0.39 is 20.0 Å². The van der Waals surface area contributed by atoms with E-state index in [9.17, 15) is 21.6 Å². The normalized spacial score (nSPS) is 12.4. The predicted octanol–water partition coefficient (Wildman–Crippen LogP) is 0.763. The third-order valence-corrected chi connectivity index (χ3v) is 8.03. The SMILES string of the molecule is CN(C)S(=O)(=O)c1ccc2c(c1)nc(CCC(=O)NCCc1ccc(S(N)(=O)=O)cc1)n2C. The number of sulfonamides is 2. The first-order chi connectivity index (χ1) is 15.4. The number of carbonyl (C=O) groups excluding carboxylic acids is 1. The van der Waals surface area contributed by atoms with Crippen molar-refractivity contribution in [1.82, 2.24) is 19.2 Å². The van der Waals surface area contributed by atoms with Crippen molar-refractivity contribution in [3.05, 3.63) is 53.9 Å². The fourth-order valence-corrected chi connectivity index (χ4v) is 4.77. The Balaban J connectivity index is 1.57. The summed E-state index contributed by atoms with van der Waals surface area (Å²) >= 11 is 0. The molecular weight excluding hydrogens is 466 g/mol. The molecule has 0 bridgehead atoms. The van der Waals surface area contributed by atoms with Crippen LogP contribution in [-0.2, 0) is 44.7 Å². The molecule has 0 unspecified atom stereocenters. The van der Waals surface area contributed by atoms with Gasteiger partial charge in [0.2, 0.25) is 26.0 Å². The summed E-state index contributed by atoms with van der Waals surface area (Å²) in [6.07, 6.45) is 1.17. The summed E-state index contributed by atoms with van der Waals surface area (Å²) < 4.78 is 50.3. The van der Waals surface area contributed by atoms with Gasteiger partial charge in [0, 0.05) is 40.5 Å². The molecule has 0 saturated carbocycles. The highest BCUT2D eigenvalue weighted by Crippen LogP contribution is 2.21. The number of nitrogens with two attached hydrogens (primary N) is 1. The van der Waals surface area contributed by atoms with Gasteiger partial charge in [-0.3, -0.25) is 4.79 Å². The average molecular weight is 494 g/mol. The zero-order chi connectivity index (χ0) is 24.4. The quantitative estimate of drug-likeness (QED) is 0.450. The molecule has 0 aliphatic heterocycles. The molecule has 1 heterocycles. The molecule has 3 N–H and O–H groups in total. The molecule has 12 heteroatoms. The number of imidazole rings is 1. The molecule has 0 atom stereocenters. The molecule has 0 aliphatic rings. The van der Waals surface area contributed by atoms with Crippen molar-refractivity contribution < 1.29 is 21.6 Å². The van der Waals surface area contributed by atoms with Gasteiger partial charge in [-0.25, -0.2) is 31.3 Å². The van der Waals surface area contributed by atoms with Crippen LogP contribution in [0.4, 0.5) is 0 Å². The maximum absolute atomic E-state index is 12.4. The van der Waals surface area contributed by atoms with Crippen molar-refractivity contribution in [3.63, 3.8) is 0 Å². The Morgan fingerprint density at radius 2 is 1.67 bits per heavy atom. The maximum atomic E-state index is 12.4. The first kappa shape index (κ1) is 24.8. The Morgan fingerprint density at radius 3 is 2.27 bits per heavy atom. The van der Waals surface area contributed by atoms with Gasteiger partial charge in [-0.1, -0.05) is 12.1 Å². The molecule has 1 amide bonds. The van der Waals surface area contributed by atoms with Gasteiger partial charge in [0.05, 0.1) is 20.8 Å². The number of rotatable bonds is 9. The number of carbonyl (C=O) groups is 1. The standard InChI is InChI=1S/C21H27N5O5S2/c1-25(2)33(30,31)17-8-9-19-18(14-17)24-20(26(19)3)10-11-21(27)23-13-12-15-4-6-16(7-5-15)32(22,28)29/h4-9,14H,10-13H2,1-3H3,(H,23,27)(H2,22,28,29). The van der Waals surface area contributed by atoms with Gasteiger partial charge < -0.3 is 9.88 Å². The topological polar surface area (TPSA) is 144 Å². The second-order valence-corrected chi connectivity index (χ2v) is 11.5. The number of amides is 1. The number of fused-ring (bicyclic) bond motifs is 1. The summed E-state index contributed by atoms with van der Waals surface area (Å²) in [7, 11) is -2.51. The van der Waals surface area contributed by atoms with Crippen LogP contribution in [0.25, 0.3) is 11.0 Å². The van der Waals surface area contributed by atoms with E-state index in [-0.39, 0.29) is 22.1 Å². The van der Waals surface area contributed by atoms with Crippen molar-refractivity contribution in [2.24, 2.45) is 12.2 Å². The van der Waals surface area contributed by atoms with Gasteiger partial charge in [0.1, 0.15) is 5.82 Å². The number of hydrogen-bond acceptors (Lipinski definition) is 6. The summed E-state index contributed by atoms with van der Waals surface area (Å²) in [4.78, 5) is 17.0. The number of hydrogen-bond donors (Lipinski definition) is 2. The van der Waals surface area contributed by atoms with Crippen LogP contribution in [0.3, 0.4) is 0 Å². The first-order valence-corrected chi connectivity index (χ1v) is 13.1. The number of benzene rings is 2. The van der Waals surface area contributed by atoms with E-state index in [4.69, 9.17) is 5.14 Å². The highest BCUT2D eigenvalue weighted by molar-refractivity contribution is 7.89. The lowest BCUT2D eigenvalue weighted by molar-refractivity contribution is -0.121. The smallest absolute Gasteiger partial charge is 0.242 e. The Hall–Kier alpha value is -2.80. The van der Waals surface area contributed by atoms with E-state index >= 15 is 0 Å². The van der Waals surface area contributed by atoms with Crippen molar-refractivity contribution in [3.8, 4) is 0 Å². The number of primary sulfonamides is 1. The molecule has 0 aliphatic carbocycles. The Morgan fingerprint density at radius 1 is 1.03 bits per heavy atom. The molecule has 1 aromatic heterocycles. The largest absolute Gasteiger partial charge is 0.356 e. The molecule has 0 spiro atoms. The maximum Gasteiger partial charge on any atom is 0.242 e. The van der Waals surface area contributed by atoms with Crippen LogP contribution in [0, 0.1) is 0 Å². The second kappa shape index (κ2) is 9.59. The average Bonchev–Trinajstić information content (AvgIpc) is 3.07. The molecule has 178 valence electrons. The number of aryl methyl sites for hydroxylation is 2. The lowest BCUT2D eigenvalue weighted by atomic mass is 10.1. The third-order valence-electron chi connectivity index (χ3n) is 5.29. The van der Waals surface area contributed by atoms with Gasteiger partial charge in [-0.05, 0) is 42.3 Å². The molecule has 2 aromatic carbocycles. The molecular formula is C21H27N5O5S2. The first-order valence-electron chi connectivity index (χ1n) is 10.2. The van der Waals surface area contributed by atoms with Gasteiger partial charge in [-0.2, -0.15) is 0 Å². The molecule has 0 fully saturated rings. The van der Waals surface area contributed by atoms with E-state index in [1.165, 1.54) is 32.3 Å².